The summed E-state index contributed by atoms with van der Waals surface area (Å²) < 4.78 is 13.3. The third-order valence-electron chi connectivity index (χ3n) is 3.84. The molecule has 1 heterocycles. The van der Waals surface area contributed by atoms with Gasteiger partial charge in [-0.15, -0.1) is 0 Å². The molecule has 1 unspecified atom stereocenters. The molecule has 0 radical (unpaired) electrons. The van der Waals surface area contributed by atoms with Gasteiger partial charge in [-0.3, -0.25) is 4.79 Å². The van der Waals surface area contributed by atoms with Crippen LogP contribution in [0, 0.1) is 17.7 Å². The second-order valence-electron chi connectivity index (χ2n) is 5.46. The zero-order chi connectivity index (χ0) is 14.0. The molecule has 0 saturated carbocycles. The standard InChI is InChI=1S/C15H20FNOS/c1-10(2)12(9-19)8-17-14-5-4-13(16)7-11(14)3-6-15(17)18/h4-5,7,10,12,19H,3,6,8-9H2,1-2H3. The first-order valence-electron chi connectivity index (χ1n) is 6.72. The van der Waals surface area contributed by atoms with Crippen molar-refractivity contribution in [3.05, 3.63) is 29.6 Å². The lowest BCUT2D eigenvalue weighted by molar-refractivity contribution is -0.119. The Bertz CT molecular complexity index is 475. The quantitative estimate of drug-likeness (QED) is 0.840. The molecule has 1 aliphatic heterocycles. The first-order valence-corrected chi connectivity index (χ1v) is 7.35. The Hall–Kier alpha value is -1.03. The van der Waals surface area contributed by atoms with Gasteiger partial charge in [0.25, 0.3) is 0 Å². The van der Waals surface area contributed by atoms with Gasteiger partial charge in [0.2, 0.25) is 5.91 Å². The summed E-state index contributed by atoms with van der Waals surface area (Å²) >= 11 is 4.37. The number of amides is 1. The molecule has 2 rings (SSSR count). The smallest absolute Gasteiger partial charge is 0.227 e. The molecule has 1 aromatic rings. The van der Waals surface area contributed by atoms with Crippen LogP contribution in [0.15, 0.2) is 18.2 Å². The SMILES string of the molecule is CC(C)C(CS)CN1C(=O)CCc2cc(F)ccc21. The largest absolute Gasteiger partial charge is 0.312 e. The zero-order valence-corrected chi connectivity index (χ0v) is 12.3. The number of anilines is 1. The van der Waals surface area contributed by atoms with Crippen molar-refractivity contribution in [1.82, 2.24) is 0 Å². The van der Waals surface area contributed by atoms with Crippen LogP contribution in [0.3, 0.4) is 0 Å². The third kappa shape index (κ3) is 3.11. The molecular formula is C15H20FNOS. The van der Waals surface area contributed by atoms with Gasteiger partial charge in [0, 0.05) is 18.7 Å². The number of nitrogens with zero attached hydrogens (tertiary/aromatic N) is 1. The number of carbonyl (C=O) groups excluding carboxylic acids is 1. The van der Waals surface area contributed by atoms with Crippen LogP contribution in [0.5, 0.6) is 0 Å². The number of fused-ring (bicyclic) bond motifs is 1. The lowest BCUT2D eigenvalue weighted by Gasteiger charge is -2.33. The minimum atomic E-state index is -0.234. The molecule has 2 nitrogen and oxygen atoms in total. The molecule has 0 spiro atoms. The van der Waals surface area contributed by atoms with E-state index in [0.717, 1.165) is 17.0 Å². The van der Waals surface area contributed by atoms with Crippen LogP contribution >= 0.6 is 12.6 Å². The van der Waals surface area contributed by atoms with E-state index in [2.05, 4.69) is 26.5 Å². The summed E-state index contributed by atoms with van der Waals surface area (Å²) in [4.78, 5) is 13.9. The van der Waals surface area contributed by atoms with E-state index in [4.69, 9.17) is 0 Å². The lowest BCUT2D eigenvalue weighted by Crippen LogP contribution is -2.40. The predicted molar refractivity (Wildman–Crippen MR) is 79.3 cm³/mol. The van der Waals surface area contributed by atoms with Crippen molar-refractivity contribution >= 4 is 24.2 Å². The van der Waals surface area contributed by atoms with E-state index in [0.29, 0.717) is 31.2 Å². The van der Waals surface area contributed by atoms with E-state index < -0.39 is 0 Å². The molecule has 1 aromatic carbocycles. The number of aryl methyl sites for hydroxylation is 1. The highest BCUT2D eigenvalue weighted by atomic mass is 32.1. The molecule has 0 fully saturated rings. The van der Waals surface area contributed by atoms with Crippen molar-refractivity contribution < 1.29 is 9.18 Å². The highest BCUT2D eigenvalue weighted by Crippen LogP contribution is 2.30. The van der Waals surface area contributed by atoms with Crippen LogP contribution < -0.4 is 4.90 Å². The summed E-state index contributed by atoms with van der Waals surface area (Å²) in [6.07, 6.45) is 1.10. The fourth-order valence-electron chi connectivity index (χ4n) is 2.44. The van der Waals surface area contributed by atoms with E-state index in [-0.39, 0.29) is 11.7 Å². The van der Waals surface area contributed by atoms with Crippen LogP contribution in [0.4, 0.5) is 10.1 Å². The van der Waals surface area contributed by atoms with Crippen molar-refractivity contribution in [2.24, 2.45) is 11.8 Å². The topological polar surface area (TPSA) is 20.3 Å². The van der Waals surface area contributed by atoms with Crippen molar-refractivity contribution in [2.45, 2.75) is 26.7 Å². The van der Waals surface area contributed by atoms with E-state index in [1.807, 2.05) is 0 Å². The fourth-order valence-corrected chi connectivity index (χ4v) is 2.98. The van der Waals surface area contributed by atoms with Gasteiger partial charge in [0.15, 0.2) is 0 Å². The molecule has 1 atom stereocenters. The zero-order valence-electron chi connectivity index (χ0n) is 11.4. The van der Waals surface area contributed by atoms with Crippen LogP contribution in [0.2, 0.25) is 0 Å². The summed E-state index contributed by atoms with van der Waals surface area (Å²) in [5.41, 5.74) is 1.80. The second kappa shape index (κ2) is 5.95. The van der Waals surface area contributed by atoms with Gasteiger partial charge >= 0.3 is 0 Å². The minimum absolute atomic E-state index is 0.131. The third-order valence-corrected chi connectivity index (χ3v) is 4.31. The number of rotatable bonds is 4. The Labute approximate surface area is 119 Å². The van der Waals surface area contributed by atoms with Gasteiger partial charge in [-0.2, -0.15) is 12.6 Å². The fraction of sp³-hybridized carbons (Fsp3) is 0.533. The average Bonchev–Trinajstić information content (AvgIpc) is 2.37. The number of hydrogen-bond donors (Lipinski definition) is 1. The lowest BCUT2D eigenvalue weighted by atomic mass is 9.94. The summed E-state index contributed by atoms with van der Waals surface area (Å²) in [5.74, 6) is 1.46. The van der Waals surface area contributed by atoms with Crippen LogP contribution in [-0.4, -0.2) is 18.2 Å². The molecule has 104 valence electrons. The van der Waals surface area contributed by atoms with Crippen LogP contribution in [-0.2, 0) is 11.2 Å². The van der Waals surface area contributed by atoms with Gasteiger partial charge in [0.05, 0.1) is 0 Å². The molecule has 0 aliphatic carbocycles. The Morgan fingerprint density at radius 3 is 2.74 bits per heavy atom. The van der Waals surface area contributed by atoms with E-state index in [1.54, 1.807) is 17.0 Å². The molecule has 1 amide bonds. The summed E-state index contributed by atoms with van der Waals surface area (Å²) in [7, 11) is 0. The number of carbonyl (C=O) groups is 1. The Kier molecular flexibility index (Phi) is 4.50. The first-order chi connectivity index (χ1) is 9.02. The Morgan fingerprint density at radius 2 is 2.11 bits per heavy atom. The molecule has 0 bridgehead atoms. The highest BCUT2D eigenvalue weighted by molar-refractivity contribution is 7.80. The molecule has 1 aliphatic rings. The second-order valence-corrected chi connectivity index (χ2v) is 5.83. The first kappa shape index (κ1) is 14.4. The number of hydrogen-bond acceptors (Lipinski definition) is 2. The van der Waals surface area contributed by atoms with Gasteiger partial charge in [0.1, 0.15) is 5.82 Å². The molecule has 0 N–H and O–H groups in total. The molecule has 19 heavy (non-hydrogen) atoms. The Balaban J connectivity index is 2.27. The predicted octanol–water partition coefficient (Wildman–Crippen LogP) is 3.31. The molecule has 4 heteroatoms. The Morgan fingerprint density at radius 1 is 1.37 bits per heavy atom. The number of thiol groups is 1. The van der Waals surface area contributed by atoms with E-state index in [9.17, 15) is 9.18 Å². The highest BCUT2D eigenvalue weighted by Gasteiger charge is 2.27. The monoisotopic (exact) mass is 281 g/mol. The van der Waals surface area contributed by atoms with Gasteiger partial charge in [-0.1, -0.05) is 13.8 Å². The summed E-state index contributed by atoms with van der Waals surface area (Å²) in [6, 6.07) is 4.69. The number of benzene rings is 1. The average molecular weight is 281 g/mol. The summed E-state index contributed by atoms with van der Waals surface area (Å²) in [5, 5.41) is 0. The minimum Gasteiger partial charge on any atom is -0.312 e. The van der Waals surface area contributed by atoms with E-state index in [1.165, 1.54) is 6.07 Å². The summed E-state index contributed by atoms with van der Waals surface area (Å²) in [6.45, 7) is 4.94. The van der Waals surface area contributed by atoms with Crippen molar-refractivity contribution in [3.8, 4) is 0 Å². The van der Waals surface area contributed by atoms with Crippen LogP contribution in [0.1, 0.15) is 25.8 Å². The maximum atomic E-state index is 13.3. The van der Waals surface area contributed by atoms with Crippen LogP contribution in [0.25, 0.3) is 0 Å². The van der Waals surface area contributed by atoms with Crippen molar-refractivity contribution in [1.29, 1.82) is 0 Å². The van der Waals surface area contributed by atoms with Crippen molar-refractivity contribution in [2.75, 3.05) is 17.2 Å². The van der Waals surface area contributed by atoms with Crippen molar-refractivity contribution in [3.63, 3.8) is 0 Å². The normalized spacial score (nSPS) is 16.7. The number of halogens is 1. The molecule has 0 saturated heterocycles. The molecule has 0 aromatic heterocycles. The van der Waals surface area contributed by atoms with E-state index >= 15 is 0 Å². The van der Waals surface area contributed by atoms with Gasteiger partial charge < -0.3 is 4.90 Å². The van der Waals surface area contributed by atoms with Gasteiger partial charge in [-0.05, 0) is 47.8 Å². The van der Waals surface area contributed by atoms with Gasteiger partial charge in [-0.25, -0.2) is 4.39 Å². The maximum Gasteiger partial charge on any atom is 0.227 e. The molecular weight excluding hydrogens is 261 g/mol. The maximum absolute atomic E-state index is 13.3.